The van der Waals surface area contributed by atoms with Gasteiger partial charge in [-0.25, -0.2) is 5.84 Å². The lowest BCUT2D eigenvalue weighted by molar-refractivity contribution is 0.415. The molecule has 0 bridgehead atoms. The van der Waals surface area contributed by atoms with E-state index in [1.807, 2.05) is 31.3 Å². The van der Waals surface area contributed by atoms with Crippen molar-refractivity contribution in [1.29, 1.82) is 0 Å². The van der Waals surface area contributed by atoms with Crippen LogP contribution < -0.4 is 20.9 Å². The molecule has 0 atom stereocenters. The largest absolute Gasteiger partial charge is 0.497 e. The predicted molar refractivity (Wildman–Crippen MR) is 72.8 cm³/mol. The first kappa shape index (κ1) is 12.6. The zero-order valence-electron chi connectivity index (χ0n) is 10.3. The topological polar surface area (TPSA) is 76.3 Å². The zero-order valence-corrected chi connectivity index (χ0v) is 11.1. The number of nitrogen functional groups attached to an aromatic ring is 1. The van der Waals surface area contributed by atoms with Crippen molar-refractivity contribution >= 4 is 22.2 Å². The summed E-state index contributed by atoms with van der Waals surface area (Å²) in [5.74, 6) is 6.23. The van der Waals surface area contributed by atoms with Crippen LogP contribution in [0.15, 0.2) is 24.3 Å². The average molecular weight is 265 g/mol. The van der Waals surface area contributed by atoms with Gasteiger partial charge in [0.1, 0.15) is 16.4 Å². The summed E-state index contributed by atoms with van der Waals surface area (Å²) in [5.41, 5.74) is 4.51. The molecule has 2 rings (SSSR count). The number of benzene rings is 1. The summed E-state index contributed by atoms with van der Waals surface area (Å²) in [5, 5.41) is 4.83. The zero-order chi connectivity index (χ0) is 13.0. The fourth-order valence-electron chi connectivity index (χ4n) is 1.57. The van der Waals surface area contributed by atoms with Crippen LogP contribution in [-0.2, 0) is 6.54 Å². The third kappa shape index (κ3) is 2.69. The van der Waals surface area contributed by atoms with Crippen molar-refractivity contribution in [3.05, 3.63) is 30.0 Å². The smallest absolute Gasteiger partial charge is 0.149 e. The number of nitrogens with zero attached hydrogens (tertiary/aromatic N) is 3. The van der Waals surface area contributed by atoms with Crippen molar-refractivity contribution in [2.24, 2.45) is 5.84 Å². The number of nitrogens with two attached hydrogens (primary N) is 1. The van der Waals surface area contributed by atoms with Gasteiger partial charge in [-0.05, 0) is 24.3 Å². The summed E-state index contributed by atoms with van der Waals surface area (Å²) in [6.45, 7) is 0.641. The fraction of sp³-hybridized carbons (Fsp3) is 0.273. The van der Waals surface area contributed by atoms with Crippen molar-refractivity contribution in [2.45, 2.75) is 6.54 Å². The number of ether oxygens (including phenoxy) is 1. The lowest BCUT2D eigenvalue weighted by Gasteiger charge is -2.18. The minimum absolute atomic E-state index is 0.641. The van der Waals surface area contributed by atoms with Gasteiger partial charge < -0.3 is 15.1 Å². The summed E-state index contributed by atoms with van der Waals surface area (Å²) in [7, 11) is 3.64. The summed E-state index contributed by atoms with van der Waals surface area (Å²) in [4.78, 5) is 2.07. The highest BCUT2D eigenvalue weighted by molar-refractivity contribution is 7.10. The Labute approximate surface area is 110 Å². The van der Waals surface area contributed by atoms with Crippen molar-refractivity contribution in [1.82, 2.24) is 9.59 Å². The molecule has 0 aliphatic carbocycles. The molecular formula is C11H15N5OS. The summed E-state index contributed by atoms with van der Waals surface area (Å²) < 4.78 is 9.00. The highest BCUT2D eigenvalue weighted by Crippen LogP contribution is 2.22. The average Bonchev–Trinajstić information content (AvgIpc) is 2.86. The monoisotopic (exact) mass is 265 g/mol. The van der Waals surface area contributed by atoms with Gasteiger partial charge in [-0.15, -0.1) is 5.10 Å². The molecule has 0 fully saturated rings. The molecule has 6 nitrogen and oxygen atoms in total. The summed E-state index contributed by atoms with van der Waals surface area (Å²) in [6, 6.07) is 7.84. The highest BCUT2D eigenvalue weighted by atomic mass is 32.1. The van der Waals surface area contributed by atoms with E-state index < -0.39 is 0 Å². The number of aromatic nitrogens is 2. The van der Waals surface area contributed by atoms with Crippen LogP contribution in [0.3, 0.4) is 0 Å². The van der Waals surface area contributed by atoms with Gasteiger partial charge in [0.25, 0.3) is 0 Å². The molecule has 96 valence electrons. The van der Waals surface area contributed by atoms with Gasteiger partial charge in [0, 0.05) is 24.3 Å². The number of hydrogen-bond acceptors (Lipinski definition) is 7. The predicted octanol–water partition coefficient (Wildman–Crippen LogP) is 1.47. The maximum Gasteiger partial charge on any atom is 0.149 e. The van der Waals surface area contributed by atoms with E-state index in [0.717, 1.165) is 22.1 Å². The van der Waals surface area contributed by atoms with E-state index in [4.69, 9.17) is 10.6 Å². The van der Waals surface area contributed by atoms with Crippen molar-refractivity contribution in [2.75, 3.05) is 24.5 Å². The first-order valence-corrected chi connectivity index (χ1v) is 6.15. The Morgan fingerprint density at radius 1 is 1.39 bits per heavy atom. The Bertz CT molecular complexity index is 498. The van der Waals surface area contributed by atoms with Crippen LogP contribution >= 0.6 is 11.5 Å². The molecule has 0 saturated carbocycles. The van der Waals surface area contributed by atoms with Gasteiger partial charge in [0.05, 0.1) is 13.7 Å². The molecule has 1 aromatic carbocycles. The van der Waals surface area contributed by atoms with Crippen molar-refractivity contribution < 1.29 is 4.74 Å². The molecule has 1 aromatic heterocycles. The molecule has 0 radical (unpaired) electrons. The lowest BCUT2D eigenvalue weighted by Crippen LogP contribution is -2.18. The van der Waals surface area contributed by atoms with E-state index in [-0.39, 0.29) is 0 Å². The van der Waals surface area contributed by atoms with Crippen LogP contribution in [0.1, 0.15) is 5.69 Å². The minimum atomic E-state index is 0.641. The van der Waals surface area contributed by atoms with Crippen molar-refractivity contribution in [3.63, 3.8) is 0 Å². The molecule has 18 heavy (non-hydrogen) atoms. The molecule has 0 unspecified atom stereocenters. The molecule has 0 aliphatic heterocycles. The van der Waals surface area contributed by atoms with Crippen LogP contribution in [0.5, 0.6) is 5.75 Å². The second-order valence-corrected chi connectivity index (χ2v) is 4.50. The third-order valence-electron chi connectivity index (χ3n) is 2.59. The molecule has 0 saturated heterocycles. The van der Waals surface area contributed by atoms with Crippen LogP contribution in [0.2, 0.25) is 0 Å². The van der Waals surface area contributed by atoms with Crippen LogP contribution in [0.25, 0.3) is 0 Å². The second kappa shape index (κ2) is 5.65. The van der Waals surface area contributed by atoms with Gasteiger partial charge >= 0.3 is 0 Å². The number of hydrazine groups is 1. The molecule has 1 heterocycles. The van der Waals surface area contributed by atoms with E-state index in [1.54, 1.807) is 7.11 Å². The van der Waals surface area contributed by atoms with Gasteiger partial charge in [-0.2, -0.15) is 0 Å². The molecule has 0 amide bonds. The SMILES string of the molecule is COc1ccc(N(C)Cc2nnsc2NN)cc1. The highest BCUT2D eigenvalue weighted by Gasteiger charge is 2.10. The number of methoxy groups -OCH3 is 1. The number of rotatable bonds is 5. The molecular weight excluding hydrogens is 250 g/mol. The number of nitrogens with one attached hydrogen (secondary N) is 1. The Morgan fingerprint density at radius 3 is 2.72 bits per heavy atom. The lowest BCUT2D eigenvalue weighted by atomic mass is 10.2. The van der Waals surface area contributed by atoms with Gasteiger partial charge in [-0.1, -0.05) is 4.49 Å². The van der Waals surface area contributed by atoms with E-state index in [9.17, 15) is 0 Å². The fourth-order valence-corrected chi connectivity index (χ4v) is 2.06. The maximum absolute atomic E-state index is 5.39. The Balaban J connectivity index is 2.09. The maximum atomic E-state index is 5.39. The van der Waals surface area contributed by atoms with Gasteiger partial charge in [-0.3, -0.25) is 0 Å². The van der Waals surface area contributed by atoms with E-state index in [1.165, 1.54) is 11.5 Å². The summed E-state index contributed by atoms with van der Waals surface area (Å²) in [6.07, 6.45) is 0. The molecule has 0 spiro atoms. The molecule has 2 aromatic rings. The molecule has 3 N–H and O–H groups in total. The standard InChI is InChI=1S/C11H15N5OS/c1-16(7-10-11(13-12)18-15-14-10)8-3-5-9(17-2)6-4-8/h3-6,13H,7,12H2,1-2H3. The Morgan fingerprint density at radius 2 is 2.11 bits per heavy atom. The molecule has 0 aliphatic rings. The first-order chi connectivity index (χ1) is 8.74. The van der Waals surface area contributed by atoms with Crippen molar-refractivity contribution in [3.8, 4) is 5.75 Å². The second-order valence-electron chi connectivity index (χ2n) is 3.75. The molecule has 7 heteroatoms. The third-order valence-corrected chi connectivity index (χ3v) is 3.29. The number of hydrogen-bond donors (Lipinski definition) is 2. The Kier molecular flexibility index (Phi) is 3.96. The normalized spacial score (nSPS) is 10.2. The van der Waals surface area contributed by atoms with Crippen LogP contribution in [0, 0.1) is 0 Å². The first-order valence-electron chi connectivity index (χ1n) is 5.37. The van der Waals surface area contributed by atoms with E-state index >= 15 is 0 Å². The van der Waals surface area contributed by atoms with Gasteiger partial charge in [0.15, 0.2) is 0 Å². The number of anilines is 2. The minimum Gasteiger partial charge on any atom is -0.497 e. The van der Waals surface area contributed by atoms with Crippen LogP contribution in [-0.4, -0.2) is 23.7 Å². The van der Waals surface area contributed by atoms with E-state index in [2.05, 4.69) is 19.9 Å². The Hall–Kier alpha value is -1.86. The van der Waals surface area contributed by atoms with E-state index in [0.29, 0.717) is 6.54 Å². The van der Waals surface area contributed by atoms with Gasteiger partial charge in [0.2, 0.25) is 0 Å². The quantitative estimate of drug-likeness (QED) is 0.630. The summed E-state index contributed by atoms with van der Waals surface area (Å²) >= 11 is 1.25. The van der Waals surface area contributed by atoms with Crippen LogP contribution in [0.4, 0.5) is 10.7 Å².